The van der Waals surface area contributed by atoms with Gasteiger partial charge in [-0.2, -0.15) is 5.10 Å². The molecule has 0 bridgehead atoms. The topological polar surface area (TPSA) is 43.8 Å². The number of rotatable bonds is 2. The van der Waals surface area contributed by atoms with Gasteiger partial charge in [-0.25, -0.2) is 0 Å². The predicted molar refractivity (Wildman–Crippen MR) is 81.5 cm³/mol. The summed E-state index contributed by atoms with van der Waals surface area (Å²) in [5.74, 6) is 0. The van der Waals surface area contributed by atoms with Crippen molar-refractivity contribution in [1.29, 1.82) is 0 Å². The molecule has 3 nitrogen and oxygen atoms in total. The average Bonchev–Trinajstić information content (AvgIpc) is 2.74. The lowest BCUT2D eigenvalue weighted by molar-refractivity contribution is 0.275. The van der Waals surface area contributed by atoms with Gasteiger partial charge < -0.3 is 5.73 Å². The number of nitrogens with zero attached hydrogens (tertiary/aromatic N) is 2. The Morgan fingerprint density at radius 2 is 2.00 bits per heavy atom. The number of fused-ring (bicyclic) bond motifs is 1. The maximum absolute atomic E-state index is 6.30. The second-order valence-electron chi connectivity index (χ2n) is 6.84. The lowest BCUT2D eigenvalue weighted by Gasteiger charge is -2.33. The molecule has 3 heteroatoms. The van der Waals surface area contributed by atoms with Gasteiger partial charge in [0.25, 0.3) is 0 Å². The van der Waals surface area contributed by atoms with E-state index in [2.05, 4.69) is 54.8 Å². The van der Waals surface area contributed by atoms with Crippen LogP contribution in [0.4, 0.5) is 0 Å². The van der Waals surface area contributed by atoms with Crippen molar-refractivity contribution < 1.29 is 0 Å². The quantitative estimate of drug-likeness (QED) is 0.909. The summed E-state index contributed by atoms with van der Waals surface area (Å²) in [5.41, 5.74) is 11.7. The van der Waals surface area contributed by atoms with Crippen molar-refractivity contribution in [2.45, 2.75) is 46.2 Å². The van der Waals surface area contributed by atoms with Crippen LogP contribution in [0.2, 0.25) is 0 Å². The summed E-state index contributed by atoms with van der Waals surface area (Å²) < 4.78 is 2.13. The molecule has 1 atom stereocenters. The molecule has 0 aliphatic heterocycles. The first kappa shape index (κ1) is 13.4. The fourth-order valence-corrected chi connectivity index (χ4v) is 3.16. The molecule has 1 aliphatic rings. The Labute approximate surface area is 120 Å². The van der Waals surface area contributed by atoms with Crippen LogP contribution < -0.4 is 5.73 Å². The molecule has 1 aromatic heterocycles. The maximum Gasteiger partial charge on any atom is 0.0662 e. The van der Waals surface area contributed by atoms with E-state index in [0.717, 1.165) is 19.4 Å². The number of benzene rings is 1. The molecule has 1 aliphatic carbocycles. The van der Waals surface area contributed by atoms with Gasteiger partial charge in [0, 0.05) is 17.3 Å². The van der Waals surface area contributed by atoms with Crippen LogP contribution in [0.25, 0.3) is 0 Å². The van der Waals surface area contributed by atoms with Crippen LogP contribution in [-0.4, -0.2) is 9.78 Å². The van der Waals surface area contributed by atoms with E-state index in [0.29, 0.717) is 0 Å². The Balaban J connectivity index is 1.91. The van der Waals surface area contributed by atoms with E-state index < -0.39 is 0 Å². The van der Waals surface area contributed by atoms with E-state index in [9.17, 15) is 0 Å². The van der Waals surface area contributed by atoms with E-state index in [-0.39, 0.29) is 11.5 Å². The third kappa shape index (κ3) is 2.50. The average molecular weight is 269 g/mol. The summed E-state index contributed by atoms with van der Waals surface area (Å²) in [7, 11) is 0. The molecule has 2 aromatic rings. The zero-order valence-corrected chi connectivity index (χ0v) is 12.6. The molecular formula is C17H23N3. The summed E-state index contributed by atoms with van der Waals surface area (Å²) in [6.45, 7) is 7.53. The SMILES string of the molecule is Cc1ccc(Cn2ncc3c2CC(C)(C)CC3N)cc1. The minimum absolute atomic E-state index is 0.125. The van der Waals surface area contributed by atoms with Gasteiger partial charge in [0.2, 0.25) is 0 Å². The second-order valence-corrected chi connectivity index (χ2v) is 6.84. The number of hydrogen-bond donors (Lipinski definition) is 1. The van der Waals surface area contributed by atoms with Crippen molar-refractivity contribution in [3.63, 3.8) is 0 Å². The zero-order chi connectivity index (χ0) is 14.3. The molecule has 106 valence electrons. The van der Waals surface area contributed by atoms with E-state index >= 15 is 0 Å². The normalized spacial score (nSPS) is 20.7. The van der Waals surface area contributed by atoms with Crippen LogP contribution >= 0.6 is 0 Å². The standard InChI is InChI=1S/C17H23N3/c1-12-4-6-13(7-5-12)11-20-16-9-17(2,3)8-15(18)14(16)10-19-20/h4-7,10,15H,8-9,11,18H2,1-3H3. The van der Waals surface area contributed by atoms with Gasteiger partial charge in [0.05, 0.1) is 12.7 Å². The van der Waals surface area contributed by atoms with Crippen molar-refractivity contribution in [3.8, 4) is 0 Å². The fraction of sp³-hybridized carbons (Fsp3) is 0.471. The first-order valence-corrected chi connectivity index (χ1v) is 7.30. The smallest absolute Gasteiger partial charge is 0.0662 e. The van der Waals surface area contributed by atoms with Gasteiger partial charge in [0.1, 0.15) is 0 Å². The summed E-state index contributed by atoms with van der Waals surface area (Å²) >= 11 is 0. The molecule has 1 heterocycles. The minimum Gasteiger partial charge on any atom is -0.324 e. The second kappa shape index (κ2) is 4.74. The Kier molecular flexibility index (Phi) is 3.17. The van der Waals surface area contributed by atoms with Crippen molar-refractivity contribution in [1.82, 2.24) is 9.78 Å². The first-order chi connectivity index (χ1) is 9.44. The molecule has 3 rings (SSSR count). The molecule has 0 spiro atoms. The zero-order valence-electron chi connectivity index (χ0n) is 12.6. The van der Waals surface area contributed by atoms with E-state index in [4.69, 9.17) is 5.73 Å². The molecular weight excluding hydrogens is 246 g/mol. The Morgan fingerprint density at radius 1 is 1.30 bits per heavy atom. The maximum atomic E-state index is 6.30. The highest BCUT2D eigenvalue weighted by atomic mass is 15.3. The Morgan fingerprint density at radius 3 is 2.70 bits per heavy atom. The molecule has 2 N–H and O–H groups in total. The first-order valence-electron chi connectivity index (χ1n) is 7.30. The number of aromatic nitrogens is 2. The van der Waals surface area contributed by atoms with E-state index in [1.54, 1.807) is 0 Å². The predicted octanol–water partition coefficient (Wildman–Crippen LogP) is 3.21. The highest BCUT2D eigenvalue weighted by molar-refractivity contribution is 5.28. The molecule has 0 amide bonds. The van der Waals surface area contributed by atoms with Crippen LogP contribution in [-0.2, 0) is 13.0 Å². The number of aryl methyl sites for hydroxylation is 1. The van der Waals surface area contributed by atoms with Crippen LogP contribution in [0.15, 0.2) is 30.5 Å². The Hall–Kier alpha value is -1.61. The molecule has 0 fully saturated rings. The summed E-state index contributed by atoms with van der Waals surface area (Å²) in [6, 6.07) is 8.79. The van der Waals surface area contributed by atoms with Crippen molar-refractivity contribution in [3.05, 3.63) is 52.8 Å². The lowest BCUT2D eigenvalue weighted by Crippen LogP contribution is -2.30. The van der Waals surface area contributed by atoms with Crippen LogP contribution in [0, 0.1) is 12.3 Å². The summed E-state index contributed by atoms with van der Waals surface area (Å²) in [4.78, 5) is 0. The largest absolute Gasteiger partial charge is 0.324 e. The highest BCUT2D eigenvalue weighted by Crippen LogP contribution is 2.39. The molecule has 0 saturated carbocycles. The van der Waals surface area contributed by atoms with Gasteiger partial charge in [-0.3, -0.25) is 4.68 Å². The van der Waals surface area contributed by atoms with Crippen molar-refractivity contribution in [2.75, 3.05) is 0 Å². The molecule has 1 unspecified atom stereocenters. The van der Waals surface area contributed by atoms with Gasteiger partial charge in [-0.15, -0.1) is 0 Å². The highest BCUT2D eigenvalue weighted by Gasteiger charge is 2.33. The fourth-order valence-electron chi connectivity index (χ4n) is 3.16. The van der Waals surface area contributed by atoms with Gasteiger partial charge in [0.15, 0.2) is 0 Å². The number of nitrogens with two attached hydrogens (primary N) is 1. The molecule has 0 saturated heterocycles. The van der Waals surface area contributed by atoms with E-state index in [1.807, 2.05) is 6.20 Å². The van der Waals surface area contributed by atoms with Gasteiger partial charge >= 0.3 is 0 Å². The van der Waals surface area contributed by atoms with Crippen molar-refractivity contribution in [2.24, 2.45) is 11.1 Å². The molecule has 1 aromatic carbocycles. The summed E-state index contributed by atoms with van der Waals surface area (Å²) in [5, 5.41) is 4.57. The lowest BCUT2D eigenvalue weighted by atomic mass is 9.75. The molecule has 0 radical (unpaired) electrons. The van der Waals surface area contributed by atoms with Crippen LogP contribution in [0.5, 0.6) is 0 Å². The van der Waals surface area contributed by atoms with Crippen molar-refractivity contribution >= 4 is 0 Å². The minimum atomic E-state index is 0.125. The van der Waals surface area contributed by atoms with Crippen LogP contribution in [0.3, 0.4) is 0 Å². The molecule has 20 heavy (non-hydrogen) atoms. The third-order valence-corrected chi connectivity index (χ3v) is 4.25. The third-order valence-electron chi connectivity index (χ3n) is 4.25. The van der Waals surface area contributed by atoms with Gasteiger partial charge in [-0.1, -0.05) is 43.7 Å². The monoisotopic (exact) mass is 269 g/mol. The Bertz CT molecular complexity index is 608. The summed E-state index contributed by atoms with van der Waals surface area (Å²) in [6.07, 6.45) is 4.06. The van der Waals surface area contributed by atoms with Gasteiger partial charge in [-0.05, 0) is 30.7 Å². The van der Waals surface area contributed by atoms with E-state index in [1.165, 1.54) is 22.4 Å². The number of hydrogen-bond acceptors (Lipinski definition) is 2. The van der Waals surface area contributed by atoms with Crippen LogP contribution in [0.1, 0.15) is 48.7 Å².